The molecule has 0 aliphatic carbocycles. The molecule has 0 spiro atoms. The number of fused-ring (bicyclic) bond motifs is 1. The normalized spacial score (nSPS) is 17.1. The van der Waals surface area contributed by atoms with Crippen molar-refractivity contribution >= 4 is 39.4 Å². The van der Waals surface area contributed by atoms with Crippen LogP contribution in [0.15, 0.2) is 41.8 Å². The molecule has 202 valence electrons. The smallest absolute Gasteiger partial charge is 0.381 e. The summed E-state index contributed by atoms with van der Waals surface area (Å²) < 4.78 is 45.3. The lowest BCUT2D eigenvalue weighted by atomic mass is 10.1. The SMILES string of the molecule is CN(C(=O)N1CCN(c2nc(-c3ccc4ccccc4[n+]3OC(=O)C(F)(F)F)cs2)CC1)C1CCOCC1. The molecule has 2 amide bonds. The van der Waals surface area contributed by atoms with Crippen molar-refractivity contribution in [3.05, 3.63) is 41.8 Å². The minimum absolute atomic E-state index is 0.0000591. The number of anilines is 1. The summed E-state index contributed by atoms with van der Waals surface area (Å²) >= 11 is 1.34. The van der Waals surface area contributed by atoms with E-state index < -0.39 is 12.1 Å². The van der Waals surface area contributed by atoms with Crippen LogP contribution in [0.5, 0.6) is 0 Å². The zero-order valence-electron chi connectivity index (χ0n) is 20.7. The maximum absolute atomic E-state index is 13.0. The first-order valence-electron chi connectivity index (χ1n) is 12.3. The zero-order chi connectivity index (χ0) is 26.9. The van der Waals surface area contributed by atoms with Gasteiger partial charge in [-0.15, -0.1) is 11.3 Å². The van der Waals surface area contributed by atoms with Gasteiger partial charge in [0.05, 0.1) is 5.39 Å². The van der Waals surface area contributed by atoms with Gasteiger partial charge in [0.25, 0.3) is 11.2 Å². The number of rotatable bonds is 4. The summed E-state index contributed by atoms with van der Waals surface area (Å²) in [6.45, 7) is 3.52. The van der Waals surface area contributed by atoms with E-state index in [-0.39, 0.29) is 17.8 Å². The molecule has 0 atom stereocenters. The second-order valence-corrected chi connectivity index (χ2v) is 10.0. The third-order valence-electron chi connectivity index (χ3n) is 6.82. The first kappa shape index (κ1) is 26.2. The Morgan fingerprint density at radius 2 is 1.82 bits per heavy atom. The van der Waals surface area contributed by atoms with Crippen LogP contribution in [0.4, 0.5) is 23.1 Å². The van der Waals surface area contributed by atoms with Crippen molar-refractivity contribution in [3.8, 4) is 11.4 Å². The van der Waals surface area contributed by atoms with Gasteiger partial charge in [0, 0.05) is 74.7 Å². The second kappa shape index (κ2) is 10.7. The molecule has 0 N–H and O–H groups in total. The highest BCUT2D eigenvalue weighted by atomic mass is 32.1. The van der Waals surface area contributed by atoms with E-state index in [1.165, 1.54) is 11.3 Å². The molecule has 0 bridgehead atoms. The first-order chi connectivity index (χ1) is 18.2. The fourth-order valence-electron chi connectivity index (χ4n) is 4.67. The Bertz CT molecular complexity index is 1320. The Kier molecular flexibility index (Phi) is 7.39. The molecule has 38 heavy (non-hydrogen) atoms. The molecule has 2 aromatic heterocycles. The summed E-state index contributed by atoms with van der Waals surface area (Å²) in [6, 6.07) is 10.2. The van der Waals surface area contributed by atoms with Gasteiger partial charge in [0.1, 0.15) is 0 Å². The molecule has 9 nitrogen and oxygen atoms in total. The van der Waals surface area contributed by atoms with Crippen molar-refractivity contribution in [3.63, 3.8) is 0 Å². The molecule has 1 aromatic carbocycles. The van der Waals surface area contributed by atoms with E-state index in [0.29, 0.717) is 61.1 Å². The summed E-state index contributed by atoms with van der Waals surface area (Å²) in [5, 5.41) is 2.99. The number of hydrogen-bond acceptors (Lipinski definition) is 7. The number of alkyl halides is 3. The number of hydrogen-bond donors (Lipinski definition) is 0. The van der Waals surface area contributed by atoms with Gasteiger partial charge in [-0.25, -0.2) is 14.6 Å². The Morgan fingerprint density at radius 3 is 2.53 bits per heavy atom. The number of carbonyl (C=O) groups excluding carboxylic acids is 2. The number of urea groups is 1. The summed E-state index contributed by atoms with van der Waals surface area (Å²) in [5.74, 6) is -2.32. The van der Waals surface area contributed by atoms with Crippen LogP contribution >= 0.6 is 11.3 Å². The van der Waals surface area contributed by atoms with Crippen LogP contribution in [0, 0.1) is 0 Å². The van der Waals surface area contributed by atoms with Crippen molar-refractivity contribution in [1.82, 2.24) is 14.8 Å². The number of thiazole rings is 1. The molecule has 0 unspecified atom stereocenters. The fraction of sp³-hybridized carbons (Fsp3) is 0.440. The van der Waals surface area contributed by atoms with Crippen LogP contribution in [-0.4, -0.2) is 85.4 Å². The van der Waals surface area contributed by atoms with Crippen molar-refractivity contribution in [2.24, 2.45) is 0 Å². The van der Waals surface area contributed by atoms with E-state index in [0.717, 1.165) is 17.6 Å². The number of benzene rings is 1. The monoisotopic (exact) mass is 550 g/mol. The van der Waals surface area contributed by atoms with Crippen molar-refractivity contribution in [2.45, 2.75) is 25.1 Å². The predicted octanol–water partition coefficient (Wildman–Crippen LogP) is 3.12. The van der Waals surface area contributed by atoms with E-state index in [4.69, 9.17) is 9.57 Å². The van der Waals surface area contributed by atoms with E-state index in [1.54, 1.807) is 46.7 Å². The van der Waals surface area contributed by atoms with Crippen LogP contribution in [0.3, 0.4) is 0 Å². The lowest BCUT2D eigenvalue weighted by Gasteiger charge is -2.39. The second-order valence-electron chi connectivity index (χ2n) is 9.17. The first-order valence-corrected chi connectivity index (χ1v) is 13.1. The highest BCUT2D eigenvalue weighted by molar-refractivity contribution is 7.14. The van der Waals surface area contributed by atoms with E-state index in [1.807, 2.05) is 16.8 Å². The summed E-state index contributed by atoms with van der Waals surface area (Å²) in [4.78, 5) is 39.8. The number of carbonyl (C=O) groups is 2. The number of piperazine rings is 1. The minimum atomic E-state index is -5.15. The standard InChI is InChI=1S/C25H27F3N5O4S/c1-30(18-8-14-36-15-9-18)24(35)32-12-10-31(11-13-32)23-29-19(16-38-23)21-7-6-17-4-2-3-5-20(17)33(21)37-22(34)25(26,27)28/h2-7,16,18H,8-15H2,1H3/q+1. The summed E-state index contributed by atoms with van der Waals surface area (Å²) in [5.41, 5.74) is 0.900. The maximum Gasteiger partial charge on any atom is 0.498 e. The molecule has 0 radical (unpaired) electrons. The van der Waals surface area contributed by atoms with Crippen molar-refractivity contribution in [1.29, 1.82) is 0 Å². The maximum atomic E-state index is 13.0. The molecule has 5 rings (SSSR count). The lowest BCUT2D eigenvalue weighted by molar-refractivity contribution is -0.841. The van der Waals surface area contributed by atoms with Crippen molar-refractivity contribution < 1.29 is 37.1 Å². The van der Waals surface area contributed by atoms with Gasteiger partial charge in [0.15, 0.2) is 10.8 Å². The van der Waals surface area contributed by atoms with Crippen LogP contribution in [0.1, 0.15) is 12.8 Å². The summed E-state index contributed by atoms with van der Waals surface area (Å²) in [6.07, 6.45) is -3.49. The highest BCUT2D eigenvalue weighted by Crippen LogP contribution is 2.28. The molecule has 3 aromatic rings. The quantitative estimate of drug-likeness (QED) is 0.465. The Balaban J connectivity index is 1.32. The molecule has 13 heteroatoms. The van der Waals surface area contributed by atoms with Crippen LogP contribution in [0.2, 0.25) is 0 Å². The van der Waals surface area contributed by atoms with Gasteiger partial charge in [-0.05, 0) is 25.0 Å². The zero-order valence-corrected chi connectivity index (χ0v) is 21.5. The van der Waals surface area contributed by atoms with Gasteiger partial charge in [-0.1, -0.05) is 12.1 Å². The number of nitrogens with zero attached hydrogens (tertiary/aromatic N) is 5. The molecule has 2 saturated heterocycles. The van der Waals surface area contributed by atoms with Crippen LogP contribution in [0.25, 0.3) is 22.3 Å². The third kappa shape index (κ3) is 5.39. The van der Waals surface area contributed by atoms with E-state index >= 15 is 0 Å². The average Bonchev–Trinajstić information content (AvgIpc) is 3.42. The molecular weight excluding hydrogens is 523 g/mol. The molecule has 2 aliphatic heterocycles. The van der Waals surface area contributed by atoms with Crippen LogP contribution in [-0.2, 0) is 9.53 Å². The van der Waals surface area contributed by atoms with E-state index in [9.17, 15) is 22.8 Å². The number of halogens is 3. The number of pyridine rings is 1. The van der Waals surface area contributed by atoms with Gasteiger partial charge in [-0.2, -0.15) is 18.0 Å². The number of para-hydroxylation sites is 1. The minimum Gasteiger partial charge on any atom is -0.381 e. The average molecular weight is 551 g/mol. The number of ether oxygens (including phenoxy) is 1. The Morgan fingerprint density at radius 1 is 1.11 bits per heavy atom. The molecular formula is C25H27F3N5O4S+. The van der Waals surface area contributed by atoms with Gasteiger partial charge in [0.2, 0.25) is 0 Å². The third-order valence-corrected chi connectivity index (χ3v) is 7.72. The van der Waals surface area contributed by atoms with Gasteiger partial charge in [-0.3, -0.25) is 0 Å². The highest BCUT2D eigenvalue weighted by Gasteiger charge is 2.46. The fourth-order valence-corrected chi connectivity index (χ4v) is 5.54. The lowest BCUT2D eigenvalue weighted by Crippen LogP contribution is -2.54. The van der Waals surface area contributed by atoms with Crippen molar-refractivity contribution in [2.75, 3.05) is 51.3 Å². The Labute approximate surface area is 220 Å². The Hall–Kier alpha value is -3.45. The molecule has 2 fully saturated rings. The topological polar surface area (TPSA) is 79.1 Å². The molecule has 4 heterocycles. The molecule has 0 saturated carbocycles. The van der Waals surface area contributed by atoms with Crippen LogP contribution < -0.4 is 14.5 Å². The predicted molar refractivity (Wildman–Crippen MR) is 134 cm³/mol. The molecule has 2 aliphatic rings. The summed E-state index contributed by atoms with van der Waals surface area (Å²) in [7, 11) is 1.84. The largest absolute Gasteiger partial charge is 0.498 e. The van der Waals surface area contributed by atoms with E-state index in [2.05, 4.69) is 4.98 Å². The number of aromatic nitrogens is 2. The number of amides is 2. The van der Waals surface area contributed by atoms with Gasteiger partial charge < -0.3 is 19.4 Å². The van der Waals surface area contributed by atoms with Gasteiger partial charge >= 0.3 is 18.2 Å².